The van der Waals surface area contributed by atoms with Gasteiger partial charge in [-0.25, -0.2) is 0 Å². The Kier molecular flexibility index (Phi) is 5.33. The monoisotopic (exact) mass is 303 g/mol. The number of benzene rings is 1. The van der Waals surface area contributed by atoms with Crippen molar-refractivity contribution in [3.05, 3.63) is 34.9 Å². The molecule has 1 saturated carbocycles. The van der Waals surface area contributed by atoms with E-state index in [0.29, 0.717) is 5.56 Å². The van der Waals surface area contributed by atoms with Gasteiger partial charge in [-0.1, -0.05) is 24.3 Å². The minimum atomic E-state index is -0.174. The third-order valence-corrected chi connectivity index (χ3v) is 5.57. The Morgan fingerprint density at radius 2 is 2.24 bits per heavy atom. The van der Waals surface area contributed by atoms with Crippen LogP contribution >= 0.6 is 11.8 Å². The van der Waals surface area contributed by atoms with Crippen LogP contribution in [0.5, 0.6) is 0 Å². The maximum Gasteiger partial charge on any atom is 0.251 e. The van der Waals surface area contributed by atoms with Crippen molar-refractivity contribution in [3.63, 3.8) is 0 Å². The summed E-state index contributed by atoms with van der Waals surface area (Å²) < 4.78 is 0.234. The third kappa shape index (κ3) is 3.61. The van der Waals surface area contributed by atoms with Crippen molar-refractivity contribution >= 4 is 17.7 Å². The molecule has 0 atom stereocenters. The van der Waals surface area contributed by atoms with Gasteiger partial charge in [0.15, 0.2) is 0 Å². The molecule has 112 valence electrons. The number of nitrogens with one attached hydrogen (secondary N) is 1. The molecule has 1 aliphatic rings. The van der Waals surface area contributed by atoms with E-state index in [4.69, 9.17) is 5.11 Å². The lowest BCUT2D eigenvalue weighted by atomic mass is 9.84. The van der Waals surface area contributed by atoms with Crippen LogP contribution in [0.1, 0.15) is 40.7 Å². The number of aliphatic hydroxyl groups excluding tert-OH is 1. The van der Waals surface area contributed by atoms with Crippen LogP contribution in [-0.4, -0.2) is 35.2 Å². The first-order valence-corrected chi connectivity index (χ1v) is 8.37. The summed E-state index contributed by atoms with van der Waals surface area (Å²) in [7, 11) is 0. The number of thioether (sulfide) groups is 1. The van der Waals surface area contributed by atoms with E-state index in [2.05, 4.69) is 23.4 Å². The van der Waals surface area contributed by atoms with Gasteiger partial charge < -0.3 is 10.4 Å². The van der Waals surface area contributed by atoms with Gasteiger partial charge >= 0.3 is 0 Å². The van der Waals surface area contributed by atoms with Gasteiger partial charge in [-0.05, 0) is 43.7 Å². The van der Waals surface area contributed by atoms with E-state index in [1.165, 1.54) is 19.3 Å². The van der Waals surface area contributed by atoms with Gasteiger partial charge in [-0.3, -0.25) is 4.79 Å². The van der Waals surface area contributed by atoms with E-state index in [9.17, 15) is 4.79 Å². The smallest absolute Gasteiger partial charge is 0.251 e. The molecule has 0 heterocycles. The molecule has 1 fully saturated rings. The topological polar surface area (TPSA) is 49.3 Å². The number of amides is 1. The van der Waals surface area contributed by atoms with E-state index in [-0.39, 0.29) is 17.3 Å². The van der Waals surface area contributed by atoms with Crippen molar-refractivity contribution in [3.8, 4) is 11.8 Å². The van der Waals surface area contributed by atoms with Crippen LogP contribution in [0, 0.1) is 18.8 Å². The summed E-state index contributed by atoms with van der Waals surface area (Å²) in [5, 5.41) is 11.8. The molecular weight excluding hydrogens is 282 g/mol. The van der Waals surface area contributed by atoms with Gasteiger partial charge in [0.25, 0.3) is 5.91 Å². The van der Waals surface area contributed by atoms with E-state index in [1.54, 1.807) is 0 Å². The van der Waals surface area contributed by atoms with Crippen molar-refractivity contribution < 1.29 is 9.90 Å². The summed E-state index contributed by atoms with van der Waals surface area (Å²) in [5.74, 6) is 5.46. The highest BCUT2D eigenvalue weighted by molar-refractivity contribution is 8.00. The van der Waals surface area contributed by atoms with Crippen molar-refractivity contribution in [1.82, 2.24) is 5.32 Å². The number of aliphatic hydroxyl groups is 1. The maximum absolute atomic E-state index is 12.4. The molecule has 0 radical (unpaired) electrons. The lowest BCUT2D eigenvalue weighted by Crippen LogP contribution is -2.45. The quantitative estimate of drug-likeness (QED) is 0.840. The summed E-state index contributed by atoms with van der Waals surface area (Å²) in [6.45, 7) is 2.44. The van der Waals surface area contributed by atoms with E-state index >= 15 is 0 Å². The molecule has 0 saturated heterocycles. The first kappa shape index (κ1) is 15.9. The first-order chi connectivity index (χ1) is 10.1. The molecule has 1 aromatic rings. The third-order valence-electron chi connectivity index (χ3n) is 4.15. The van der Waals surface area contributed by atoms with Crippen molar-refractivity contribution in [2.24, 2.45) is 0 Å². The predicted molar refractivity (Wildman–Crippen MR) is 87.6 cm³/mol. The molecule has 0 aromatic heterocycles. The number of hydrogen-bond donors (Lipinski definition) is 2. The number of hydrogen-bond acceptors (Lipinski definition) is 3. The van der Waals surface area contributed by atoms with E-state index < -0.39 is 0 Å². The minimum absolute atomic E-state index is 0.0412. The highest BCUT2D eigenvalue weighted by atomic mass is 32.2. The van der Waals surface area contributed by atoms with Crippen LogP contribution < -0.4 is 5.32 Å². The lowest BCUT2D eigenvalue weighted by molar-refractivity contribution is 0.0943. The zero-order chi connectivity index (χ0) is 15.3. The van der Waals surface area contributed by atoms with Gasteiger partial charge in [0.1, 0.15) is 6.61 Å². The Balaban J connectivity index is 2.09. The molecule has 2 rings (SSSR count). The van der Waals surface area contributed by atoms with Crippen molar-refractivity contribution in [2.45, 2.75) is 30.9 Å². The summed E-state index contributed by atoms with van der Waals surface area (Å²) in [4.78, 5) is 12.4. The summed E-state index contributed by atoms with van der Waals surface area (Å²) >= 11 is 1.85. The SMILES string of the molecule is CSC1(CNC(=O)c2cccc(C#CCO)c2C)CCC1. The van der Waals surface area contributed by atoms with Gasteiger partial charge in [-0.15, -0.1) is 0 Å². The molecule has 0 bridgehead atoms. The lowest BCUT2D eigenvalue weighted by Gasteiger charge is -2.40. The van der Waals surface area contributed by atoms with Gasteiger partial charge in [0, 0.05) is 22.4 Å². The normalized spacial score (nSPS) is 15.6. The Hall–Kier alpha value is -1.44. The van der Waals surface area contributed by atoms with Gasteiger partial charge in [-0.2, -0.15) is 11.8 Å². The summed E-state index contributed by atoms with van der Waals surface area (Å²) in [6.07, 6.45) is 5.72. The molecule has 2 N–H and O–H groups in total. The van der Waals surface area contributed by atoms with Crippen LogP contribution in [-0.2, 0) is 0 Å². The highest BCUT2D eigenvalue weighted by Gasteiger charge is 2.36. The maximum atomic E-state index is 12.4. The molecule has 0 spiro atoms. The zero-order valence-electron chi connectivity index (χ0n) is 12.5. The van der Waals surface area contributed by atoms with Crippen LogP contribution in [0.25, 0.3) is 0 Å². The molecule has 4 heteroatoms. The predicted octanol–water partition coefficient (Wildman–Crippen LogP) is 2.35. The molecule has 3 nitrogen and oxygen atoms in total. The van der Waals surface area contributed by atoms with E-state index in [0.717, 1.165) is 17.7 Å². The van der Waals surface area contributed by atoms with Gasteiger partial charge in [0.05, 0.1) is 0 Å². The number of rotatable bonds is 4. The number of carbonyl (C=O) groups is 1. The van der Waals surface area contributed by atoms with Crippen LogP contribution in [0.2, 0.25) is 0 Å². The second-order valence-corrected chi connectivity index (χ2v) is 6.64. The van der Waals surface area contributed by atoms with Gasteiger partial charge in [0.2, 0.25) is 0 Å². The second kappa shape index (κ2) is 7.02. The minimum Gasteiger partial charge on any atom is -0.384 e. The molecular formula is C17H21NO2S. The fraction of sp³-hybridized carbons (Fsp3) is 0.471. The van der Waals surface area contributed by atoms with Crippen molar-refractivity contribution in [1.29, 1.82) is 0 Å². The average Bonchev–Trinajstić information content (AvgIpc) is 2.45. The molecule has 0 unspecified atom stereocenters. The Labute approximate surface area is 130 Å². The fourth-order valence-electron chi connectivity index (χ4n) is 2.51. The molecule has 1 amide bonds. The first-order valence-electron chi connectivity index (χ1n) is 7.14. The van der Waals surface area contributed by atoms with Crippen LogP contribution in [0.15, 0.2) is 18.2 Å². The molecule has 21 heavy (non-hydrogen) atoms. The van der Waals surface area contributed by atoms with Crippen LogP contribution in [0.3, 0.4) is 0 Å². The standard InChI is InChI=1S/C17H21NO2S/c1-13-14(7-4-11-19)6-3-8-15(13)16(20)18-12-17(21-2)9-5-10-17/h3,6,8,19H,5,9-12H2,1-2H3,(H,18,20). The number of carbonyl (C=O) groups excluding carboxylic acids is 1. The molecule has 0 aliphatic heterocycles. The molecule has 1 aromatic carbocycles. The Morgan fingerprint density at radius 3 is 2.81 bits per heavy atom. The zero-order valence-corrected chi connectivity index (χ0v) is 13.3. The Morgan fingerprint density at radius 1 is 1.48 bits per heavy atom. The summed E-state index contributed by atoms with van der Waals surface area (Å²) in [6, 6.07) is 5.52. The van der Waals surface area contributed by atoms with Crippen molar-refractivity contribution in [2.75, 3.05) is 19.4 Å². The summed E-state index contributed by atoms with van der Waals surface area (Å²) in [5.41, 5.74) is 2.32. The Bertz CT molecular complexity index is 577. The second-order valence-electron chi connectivity index (χ2n) is 5.36. The highest BCUT2D eigenvalue weighted by Crippen LogP contribution is 2.42. The largest absolute Gasteiger partial charge is 0.384 e. The molecule has 1 aliphatic carbocycles. The average molecular weight is 303 g/mol. The van der Waals surface area contributed by atoms with Crippen LogP contribution in [0.4, 0.5) is 0 Å². The van der Waals surface area contributed by atoms with E-state index in [1.807, 2.05) is 36.9 Å². The fourth-order valence-corrected chi connectivity index (χ4v) is 3.43.